The van der Waals surface area contributed by atoms with Crippen LogP contribution in [0.25, 0.3) is 0 Å². The van der Waals surface area contributed by atoms with Crippen LogP contribution in [-0.4, -0.2) is 22.6 Å². The molecule has 1 unspecified atom stereocenters. The molecule has 0 heterocycles. The van der Waals surface area contributed by atoms with Gasteiger partial charge in [-0.25, -0.2) is 0 Å². The SMILES string of the molecule is CCC(C)(SCC(F)(F)F)C(N)=O. The zero-order valence-electron chi connectivity index (χ0n) is 7.44. The van der Waals surface area contributed by atoms with Gasteiger partial charge in [0, 0.05) is 0 Å². The summed E-state index contributed by atoms with van der Waals surface area (Å²) in [6.45, 7) is 3.06. The van der Waals surface area contributed by atoms with Crippen molar-refractivity contribution in [3.63, 3.8) is 0 Å². The summed E-state index contributed by atoms with van der Waals surface area (Å²) in [5, 5.41) is 0. The lowest BCUT2D eigenvalue weighted by molar-refractivity contribution is -0.120. The first kappa shape index (κ1) is 12.6. The molecule has 0 saturated carbocycles. The normalized spacial score (nSPS) is 16.7. The third-order valence-corrected chi connectivity index (χ3v) is 3.35. The Balaban J connectivity index is 4.22. The fraction of sp³-hybridized carbons (Fsp3) is 0.857. The second-order valence-corrected chi connectivity index (χ2v) is 4.33. The van der Waals surface area contributed by atoms with Crippen molar-refractivity contribution in [3.8, 4) is 0 Å². The molecule has 78 valence electrons. The summed E-state index contributed by atoms with van der Waals surface area (Å²) < 4.78 is 34.3. The summed E-state index contributed by atoms with van der Waals surface area (Å²) in [7, 11) is 0. The number of alkyl halides is 3. The van der Waals surface area contributed by atoms with Crippen LogP contribution in [0.4, 0.5) is 13.2 Å². The van der Waals surface area contributed by atoms with E-state index in [0.29, 0.717) is 18.2 Å². The Morgan fingerprint density at radius 1 is 1.46 bits per heavy atom. The first-order valence-corrected chi connectivity index (χ1v) is 4.70. The lowest BCUT2D eigenvalue weighted by atomic mass is 10.1. The molecule has 0 radical (unpaired) electrons. The summed E-state index contributed by atoms with van der Waals surface area (Å²) in [4.78, 5) is 10.8. The Labute approximate surface area is 79.1 Å². The average Bonchev–Trinajstić information content (AvgIpc) is 1.98. The highest BCUT2D eigenvalue weighted by Gasteiger charge is 2.36. The molecule has 0 bridgehead atoms. The van der Waals surface area contributed by atoms with E-state index >= 15 is 0 Å². The van der Waals surface area contributed by atoms with Crippen LogP contribution in [0.5, 0.6) is 0 Å². The van der Waals surface area contributed by atoms with Crippen LogP contribution in [0.2, 0.25) is 0 Å². The smallest absolute Gasteiger partial charge is 0.368 e. The molecule has 2 nitrogen and oxygen atoms in total. The number of carbonyl (C=O) groups excluding carboxylic acids is 1. The number of hydrogen-bond acceptors (Lipinski definition) is 2. The Morgan fingerprint density at radius 3 is 2.15 bits per heavy atom. The fourth-order valence-electron chi connectivity index (χ4n) is 0.589. The Bertz CT molecular complexity index is 195. The summed E-state index contributed by atoms with van der Waals surface area (Å²) in [6, 6.07) is 0. The highest BCUT2D eigenvalue weighted by atomic mass is 32.2. The van der Waals surface area contributed by atoms with Crippen LogP contribution in [-0.2, 0) is 4.79 Å². The van der Waals surface area contributed by atoms with Gasteiger partial charge in [-0.15, -0.1) is 11.8 Å². The standard InChI is InChI=1S/C7H12F3NOS/c1-3-6(2,5(11)12)13-4-7(8,9)10/h3-4H2,1-2H3,(H2,11,12). The third-order valence-electron chi connectivity index (χ3n) is 1.75. The van der Waals surface area contributed by atoms with E-state index in [9.17, 15) is 18.0 Å². The van der Waals surface area contributed by atoms with E-state index in [1.165, 1.54) is 6.92 Å². The van der Waals surface area contributed by atoms with Crippen LogP contribution >= 0.6 is 11.8 Å². The molecule has 0 rings (SSSR count). The van der Waals surface area contributed by atoms with Crippen molar-refractivity contribution in [2.24, 2.45) is 5.73 Å². The Kier molecular flexibility index (Phi) is 4.09. The predicted octanol–water partition coefficient (Wildman–Crippen LogP) is 1.94. The third kappa shape index (κ3) is 4.40. The minimum atomic E-state index is -4.25. The molecular formula is C7H12F3NOS. The first-order chi connectivity index (χ1) is 5.71. The van der Waals surface area contributed by atoms with Gasteiger partial charge in [0.25, 0.3) is 0 Å². The van der Waals surface area contributed by atoms with E-state index < -0.39 is 22.6 Å². The molecule has 1 amide bonds. The molecule has 0 aliphatic rings. The topological polar surface area (TPSA) is 43.1 Å². The van der Waals surface area contributed by atoms with Crippen LogP contribution in [0.1, 0.15) is 20.3 Å². The molecule has 2 N–H and O–H groups in total. The van der Waals surface area contributed by atoms with Crippen molar-refractivity contribution in [2.45, 2.75) is 31.2 Å². The monoisotopic (exact) mass is 215 g/mol. The van der Waals surface area contributed by atoms with Gasteiger partial charge in [-0.2, -0.15) is 13.2 Å². The molecule has 0 fully saturated rings. The zero-order valence-corrected chi connectivity index (χ0v) is 8.26. The number of thioether (sulfide) groups is 1. The van der Waals surface area contributed by atoms with Gasteiger partial charge in [-0.3, -0.25) is 4.79 Å². The summed E-state index contributed by atoms with van der Waals surface area (Å²) >= 11 is 0.539. The molecule has 0 aromatic rings. The van der Waals surface area contributed by atoms with Crippen LogP contribution in [0.3, 0.4) is 0 Å². The molecule has 13 heavy (non-hydrogen) atoms. The summed E-state index contributed by atoms with van der Waals surface area (Å²) in [5.74, 6) is -1.75. The number of hydrogen-bond donors (Lipinski definition) is 1. The van der Waals surface area contributed by atoms with E-state index in [2.05, 4.69) is 0 Å². The van der Waals surface area contributed by atoms with Gasteiger partial charge in [-0.1, -0.05) is 6.92 Å². The first-order valence-electron chi connectivity index (χ1n) is 3.72. The maximum absolute atomic E-state index is 11.8. The van der Waals surface area contributed by atoms with E-state index in [0.717, 1.165) is 0 Å². The van der Waals surface area contributed by atoms with Crippen molar-refractivity contribution < 1.29 is 18.0 Å². The molecule has 0 aromatic heterocycles. The number of amides is 1. The van der Waals surface area contributed by atoms with Crippen molar-refractivity contribution in [1.29, 1.82) is 0 Å². The maximum atomic E-state index is 11.8. The fourth-order valence-corrected chi connectivity index (χ4v) is 1.42. The van der Waals surface area contributed by atoms with Gasteiger partial charge in [-0.05, 0) is 13.3 Å². The highest BCUT2D eigenvalue weighted by Crippen LogP contribution is 2.33. The molecule has 0 spiro atoms. The molecule has 0 saturated heterocycles. The molecule has 0 aliphatic carbocycles. The molecule has 0 aromatic carbocycles. The van der Waals surface area contributed by atoms with Gasteiger partial charge in [0.15, 0.2) is 0 Å². The van der Waals surface area contributed by atoms with E-state index in [-0.39, 0.29) is 0 Å². The van der Waals surface area contributed by atoms with Crippen LogP contribution in [0, 0.1) is 0 Å². The average molecular weight is 215 g/mol. The van der Waals surface area contributed by atoms with Gasteiger partial charge < -0.3 is 5.73 Å². The van der Waals surface area contributed by atoms with Gasteiger partial charge in [0.05, 0.1) is 10.5 Å². The molecule has 1 atom stereocenters. The highest BCUT2D eigenvalue weighted by molar-refractivity contribution is 8.01. The lowest BCUT2D eigenvalue weighted by Gasteiger charge is -2.23. The lowest BCUT2D eigenvalue weighted by Crippen LogP contribution is -2.38. The molecule has 0 aliphatic heterocycles. The van der Waals surface area contributed by atoms with Crippen molar-refractivity contribution in [2.75, 3.05) is 5.75 Å². The number of primary amides is 1. The number of carbonyl (C=O) groups is 1. The van der Waals surface area contributed by atoms with Crippen LogP contribution < -0.4 is 5.73 Å². The molecule has 6 heteroatoms. The minimum Gasteiger partial charge on any atom is -0.368 e. The minimum absolute atomic E-state index is 0.295. The maximum Gasteiger partial charge on any atom is 0.397 e. The van der Waals surface area contributed by atoms with Crippen molar-refractivity contribution in [1.82, 2.24) is 0 Å². The Hall–Kier alpha value is -0.390. The largest absolute Gasteiger partial charge is 0.397 e. The van der Waals surface area contributed by atoms with E-state index in [1.54, 1.807) is 6.92 Å². The van der Waals surface area contributed by atoms with Crippen LogP contribution in [0.15, 0.2) is 0 Å². The summed E-state index contributed by atoms with van der Waals surface area (Å²) in [5.41, 5.74) is 4.98. The van der Waals surface area contributed by atoms with Gasteiger partial charge >= 0.3 is 6.18 Å². The summed E-state index contributed by atoms with van der Waals surface area (Å²) in [6.07, 6.45) is -3.96. The van der Waals surface area contributed by atoms with E-state index in [4.69, 9.17) is 5.73 Å². The van der Waals surface area contributed by atoms with Gasteiger partial charge in [0.1, 0.15) is 0 Å². The Morgan fingerprint density at radius 2 is 1.92 bits per heavy atom. The van der Waals surface area contributed by atoms with Crippen molar-refractivity contribution >= 4 is 17.7 Å². The number of halogens is 3. The zero-order chi connectivity index (χ0) is 10.7. The second kappa shape index (κ2) is 4.21. The van der Waals surface area contributed by atoms with E-state index in [1.807, 2.05) is 0 Å². The number of nitrogens with two attached hydrogens (primary N) is 1. The van der Waals surface area contributed by atoms with Gasteiger partial charge in [0.2, 0.25) is 5.91 Å². The molecular weight excluding hydrogens is 203 g/mol. The quantitative estimate of drug-likeness (QED) is 0.778. The number of rotatable bonds is 4. The second-order valence-electron chi connectivity index (χ2n) is 2.85. The predicted molar refractivity (Wildman–Crippen MR) is 46.4 cm³/mol. The van der Waals surface area contributed by atoms with Crippen molar-refractivity contribution in [3.05, 3.63) is 0 Å².